The minimum atomic E-state index is -4.16. The summed E-state index contributed by atoms with van der Waals surface area (Å²) in [4.78, 5) is 11.1. The number of rotatable bonds is 4. The van der Waals surface area contributed by atoms with E-state index in [1.165, 1.54) is 31.4 Å². The van der Waals surface area contributed by atoms with Crippen LogP contribution < -0.4 is 4.18 Å². The predicted molar refractivity (Wildman–Crippen MR) is 77.0 cm³/mol. The molecule has 116 valence electrons. The van der Waals surface area contributed by atoms with Crippen LogP contribution in [0.4, 0.5) is 4.39 Å². The fourth-order valence-electron chi connectivity index (χ4n) is 1.58. The Morgan fingerprint density at radius 1 is 1.14 bits per heavy atom. The molecule has 0 aliphatic heterocycles. The zero-order chi connectivity index (χ0) is 16.3. The number of carbonyl (C=O) groups is 1. The fraction of sp³-hybridized carbons (Fsp3) is 0.0714. The van der Waals surface area contributed by atoms with Gasteiger partial charge in [0.25, 0.3) is 0 Å². The first-order valence-corrected chi connectivity index (χ1v) is 7.70. The fourth-order valence-corrected chi connectivity index (χ4v) is 2.78. The highest BCUT2D eigenvalue weighted by atomic mass is 35.5. The van der Waals surface area contributed by atoms with Gasteiger partial charge in [-0.2, -0.15) is 8.42 Å². The van der Waals surface area contributed by atoms with Crippen LogP contribution in [0, 0.1) is 5.82 Å². The van der Waals surface area contributed by atoms with Crippen molar-refractivity contribution in [1.82, 2.24) is 0 Å². The Hall–Kier alpha value is -2.12. The highest BCUT2D eigenvalue weighted by molar-refractivity contribution is 7.87. The van der Waals surface area contributed by atoms with Gasteiger partial charge < -0.3 is 8.92 Å². The standard InChI is InChI=1S/C14H10ClFO5S/c1-20-14(17)9-2-5-11(6-3-9)22(18,19)21-13-7-4-10(16)8-12(13)15/h2-8H,1H3. The summed E-state index contributed by atoms with van der Waals surface area (Å²) in [5.74, 6) is -1.40. The number of hydrogen-bond donors (Lipinski definition) is 0. The molecule has 0 amide bonds. The van der Waals surface area contributed by atoms with Crippen molar-refractivity contribution in [1.29, 1.82) is 0 Å². The highest BCUT2D eigenvalue weighted by Gasteiger charge is 2.19. The van der Waals surface area contributed by atoms with Crippen LogP contribution in [0.1, 0.15) is 10.4 Å². The van der Waals surface area contributed by atoms with Gasteiger partial charge in [-0.25, -0.2) is 9.18 Å². The zero-order valence-corrected chi connectivity index (χ0v) is 12.8. The number of hydrogen-bond acceptors (Lipinski definition) is 5. The summed E-state index contributed by atoms with van der Waals surface area (Å²) in [5.41, 5.74) is 0.196. The molecule has 22 heavy (non-hydrogen) atoms. The van der Waals surface area contributed by atoms with Crippen LogP contribution in [-0.2, 0) is 14.9 Å². The van der Waals surface area contributed by atoms with Gasteiger partial charge in [-0.3, -0.25) is 0 Å². The normalized spacial score (nSPS) is 11.0. The molecule has 0 unspecified atom stereocenters. The highest BCUT2D eigenvalue weighted by Crippen LogP contribution is 2.28. The number of methoxy groups -OCH3 is 1. The third kappa shape index (κ3) is 3.55. The number of ether oxygens (including phenoxy) is 1. The Kier molecular flexibility index (Phi) is 4.68. The lowest BCUT2D eigenvalue weighted by Crippen LogP contribution is -2.10. The van der Waals surface area contributed by atoms with Gasteiger partial charge in [-0.1, -0.05) is 11.6 Å². The summed E-state index contributed by atoms with van der Waals surface area (Å²) in [6.07, 6.45) is 0. The molecule has 8 heteroatoms. The monoisotopic (exact) mass is 344 g/mol. The summed E-state index contributed by atoms with van der Waals surface area (Å²) in [6, 6.07) is 8.03. The van der Waals surface area contributed by atoms with Crippen LogP contribution in [0.15, 0.2) is 47.4 Å². The molecule has 0 radical (unpaired) electrons. The molecule has 0 heterocycles. The van der Waals surface area contributed by atoms with E-state index in [9.17, 15) is 17.6 Å². The number of halogens is 2. The van der Waals surface area contributed by atoms with E-state index in [0.717, 1.165) is 18.2 Å². The maximum absolute atomic E-state index is 12.9. The van der Waals surface area contributed by atoms with E-state index in [0.29, 0.717) is 0 Å². The number of benzene rings is 2. The molecule has 2 aromatic carbocycles. The second-order valence-corrected chi connectivity index (χ2v) is 6.08. The molecule has 5 nitrogen and oxygen atoms in total. The van der Waals surface area contributed by atoms with Crippen LogP contribution in [0.25, 0.3) is 0 Å². The second-order valence-electron chi connectivity index (χ2n) is 4.13. The molecule has 0 aliphatic rings. The van der Waals surface area contributed by atoms with Gasteiger partial charge in [0.2, 0.25) is 0 Å². The van der Waals surface area contributed by atoms with Crippen LogP contribution in [0.3, 0.4) is 0 Å². The first-order valence-electron chi connectivity index (χ1n) is 5.91. The quantitative estimate of drug-likeness (QED) is 0.630. The van der Waals surface area contributed by atoms with Crippen molar-refractivity contribution >= 4 is 27.7 Å². The lowest BCUT2D eigenvalue weighted by molar-refractivity contribution is 0.0600. The van der Waals surface area contributed by atoms with E-state index in [4.69, 9.17) is 15.8 Å². The summed E-state index contributed by atoms with van der Waals surface area (Å²) in [7, 11) is -2.94. The van der Waals surface area contributed by atoms with Gasteiger partial charge in [0.1, 0.15) is 10.7 Å². The average molecular weight is 345 g/mol. The average Bonchev–Trinajstić information content (AvgIpc) is 2.49. The molecule has 0 N–H and O–H groups in total. The molecular weight excluding hydrogens is 335 g/mol. The Bertz CT molecular complexity index is 802. The van der Waals surface area contributed by atoms with Crippen molar-refractivity contribution < 1.29 is 26.5 Å². The molecule has 2 rings (SSSR count). The third-order valence-electron chi connectivity index (χ3n) is 2.66. The molecule has 0 aromatic heterocycles. The minimum absolute atomic E-state index is 0.172. The summed E-state index contributed by atoms with van der Waals surface area (Å²) in [5, 5.41) is -0.172. The summed E-state index contributed by atoms with van der Waals surface area (Å²) in [6.45, 7) is 0. The number of esters is 1. The van der Waals surface area contributed by atoms with Crippen molar-refractivity contribution in [3.63, 3.8) is 0 Å². The van der Waals surface area contributed by atoms with Gasteiger partial charge in [-0.15, -0.1) is 0 Å². The molecular formula is C14H10ClFO5S. The van der Waals surface area contributed by atoms with Gasteiger partial charge in [-0.05, 0) is 42.5 Å². The molecule has 0 aliphatic carbocycles. The lowest BCUT2D eigenvalue weighted by Gasteiger charge is -2.09. The van der Waals surface area contributed by atoms with Gasteiger partial charge >= 0.3 is 16.1 Å². The van der Waals surface area contributed by atoms with E-state index < -0.39 is 21.9 Å². The topological polar surface area (TPSA) is 69.7 Å². The first kappa shape index (κ1) is 16.3. The molecule has 2 aromatic rings. The Balaban J connectivity index is 2.28. The smallest absolute Gasteiger partial charge is 0.339 e. The Labute approximate surface area is 131 Å². The molecule has 0 saturated heterocycles. The SMILES string of the molecule is COC(=O)c1ccc(S(=O)(=O)Oc2ccc(F)cc2Cl)cc1. The van der Waals surface area contributed by atoms with E-state index in [1.54, 1.807) is 0 Å². The largest absolute Gasteiger partial charge is 0.465 e. The van der Waals surface area contributed by atoms with Crippen molar-refractivity contribution in [2.75, 3.05) is 7.11 Å². The molecule has 0 bridgehead atoms. The van der Waals surface area contributed by atoms with Gasteiger partial charge in [0.05, 0.1) is 17.7 Å². The first-order chi connectivity index (χ1) is 10.3. The number of carbonyl (C=O) groups excluding carboxylic acids is 1. The van der Waals surface area contributed by atoms with E-state index in [-0.39, 0.29) is 21.2 Å². The van der Waals surface area contributed by atoms with Crippen LogP contribution in [0.2, 0.25) is 5.02 Å². The van der Waals surface area contributed by atoms with Crippen molar-refractivity contribution in [3.05, 3.63) is 58.9 Å². The van der Waals surface area contributed by atoms with E-state index in [1.807, 2.05) is 0 Å². The van der Waals surface area contributed by atoms with Crippen LogP contribution >= 0.6 is 11.6 Å². The van der Waals surface area contributed by atoms with Crippen molar-refractivity contribution in [2.45, 2.75) is 4.90 Å². The molecule has 0 atom stereocenters. The molecule has 0 fully saturated rings. The molecule has 0 saturated carbocycles. The van der Waals surface area contributed by atoms with Gasteiger partial charge in [0.15, 0.2) is 5.75 Å². The zero-order valence-electron chi connectivity index (χ0n) is 11.2. The lowest BCUT2D eigenvalue weighted by atomic mass is 10.2. The van der Waals surface area contributed by atoms with Crippen LogP contribution in [-0.4, -0.2) is 21.5 Å². The predicted octanol–water partition coefficient (Wildman–Crippen LogP) is 3.03. The second kappa shape index (κ2) is 6.33. The summed E-state index contributed by atoms with van der Waals surface area (Å²) >= 11 is 5.72. The van der Waals surface area contributed by atoms with Crippen molar-refractivity contribution in [2.24, 2.45) is 0 Å². The Morgan fingerprint density at radius 3 is 2.32 bits per heavy atom. The third-order valence-corrected chi connectivity index (χ3v) is 4.20. The Morgan fingerprint density at radius 2 is 1.77 bits per heavy atom. The molecule has 0 spiro atoms. The van der Waals surface area contributed by atoms with Crippen LogP contribution in [0.5, 0.6) is 5.75 Å². The minimum Gasteiger partial charge on any atom is -0.465 e. The summed E-state index contributed by atoms with van der Waals surface area (Å²) < 4.78 is 46.5. The maximum Gasteiger partial charge on any atom is 0.339 e. The van der Waals surface area contributed by atoms with Crippen molar-refractivity contribution in [3.8, 4) is 5.75 Å². The van der Waals surface area contributed by atoms with Gasteiger partial charge in [0, 0.05) is 0 Å². The van der Waals surface area contributed by atoms with E-state index in [2.05, 4.69) is 4.74 Å². The maximum atomic E-state index is 12.9. The van der Waals surface area contributed by atoms with E-state index >= 15 is 0 Å².